The normalized spacial score (nSPS) is 12.2. The Morgan fingerprint density at radius 1 is 0.423 bits per heavy atom. The molecule has 2 nitrogen and oxygen atoms in total. The fourth-order valence-electron chi connectivity index (χ4n) is 6.56. The Hall–Kier alpha value is -3.13. The van der Waals surface area contributed by atoms with Crippen molar-refractivity contribution >= 4 is 17.8 Å². The summed E-state index contributed by atoms with van der Waals surface area (Å²) in [6.45, 7) is 6.89. The molecule has 0 amide bonds. The van der Waals surface area contributed by atoms with Gasteiger partial charge in [0, 0.05) is 30.9 Å². The van der Waals surface area contributed by atoms with E-state index in [1.807, 2.05) is 0 Å². The van der Waals surface area contributed by atoms with Crippen LogP contribution in [0.5, 0.6) is 0 Å². The smallest absolute Gasteiger partial charge is 0.169 e. The van der Waals surface area contributed by atoms with E-state index < -0.39 is 0 Å². The Bertz CT molecular complexity index is 1170. The van der Waals surface area contributed by atoms with Crippen LogP contribution in [0.25, 0.3) is 12.2 Å². The summed E-state index contributed by atoms with van der Waals surface area (Å²) in [6, 6.07) is 13.6. The molecule has 0 atom stereocenters. The molecule has 0 bridgehead atoms. The summed E-state index contributed by atoms with van der Waals surface area (Å²) in [7, 11) is 2.06. The summed E-state index contributed by atoms with van der Waals surface area (Å²) in [5, 5.41) is 0. The summed E-state index contributed by atoms with van der Waals surface area (Å²) in [4.78, 5) is 2.66. The first-order chi connectivity index (χ1) is 25.7. The van der Waals surface area contributed by atoms with Gasteiger partial charge in [0.25, 0.3) is 0 Å². The first-order valence-corrected chi connectivity index (χ1v) is 21.8. The molecule has 0 radical (unpaired) electrons. The molecule has 2 heteroatoms. The van der Waals surface area contributed by atoms with Gasteiger partial charge in [0.1, 0.15) is 7.05 Å². The molecule has 1 aromatic carbocycles. The highest BCUT2D eigenvalue weighted by atomic mass is 15.1. The number of benzene rings is 1. The summed E-state index contributed by atoms with van der Waals surface area (Å²) in [5.74, 6) is 0. The largest absolute Gasteiger partial charge is 0.372 e. The van der Waals surface area contributed by atoms with Crippen molar-refractivity contribution in [2.45, 2.75) is 168 Å². The Kier molecular flexibility index (Phi) is 29.2. The Morgan fingerprint density at radius 3 is 1.21 bits per heavy atom. The van der Waals surface area contributed by atoms with Crippen LogP contribution in [-0.2, 0) is 7.05 Å². The lowest BCUT2D eigenvalue weighted by Crippen LogP contribution is -2.25. The van der Waals surface area contributed by atoms with Gasteiger partial charge in [-0.2, -0.15) is 0 Å². The van der Waals surface area contributed by atoms with Crippen molar-refractivity contribution in [1.29, 1.82) is 0 Å². The minimum atomic E-state index is 1.10. The summed E-state index contributed by atoms with van der Waals surface area (Å²) in [6.07, 6.45) is 58.8. The zero-order valence-corrected chi connectivity index (χ0v) is 34.2. The third-order valence-corrected chi connectivity index (χ3v) is 9.99. The van der Waals surface area contributed by atoms with Gasteiger partial charge < -0.3 is 4.90 Å². The average molecular weight is 708 g/mol. The van der Waals surface area contributed by atoms with Crippen LogP contribution < -0.4 is 9.47 Å². The maximum absolute atomic E-state index is 2.66. The van der Waals surface area contributed by atoms with E-state index in [1.165, 1.54) is 171 Å². The molecule has 0 saturated carbocycles. The molecule has 0 spiro atoms. The number of allylic oxidation sites excluding steroid dienone is 8. The topological polar surface area (TPSA) is 7.12 Å². The summed E-state index contributed by atoms with van der Waals surface area (Å²) >= 11 is 0. The van der Waals surface area contributed by atoms with E-state index in [0.29, 0.717) is 0 Å². The minimum Gasteiger partial charge on any atom is -0.372 e. The van der Waals surface area contributed by atoms with Gasteiger partial charge in [-0.1, -0.05) is 164 Å². The maximum atomic E-state index is 2.66. The van der Waals surface area contributed by atoms with E-state index in [1.54, 1.807) is 0 Å². The van der Waals surface area contributed by atoms with Gasteiger partial charge in [-0.3, -0.25) is 0 Å². The lowest BCUT2D eigenvalue weighted by molar-refractivity contribution is -0.671. The molecule has 1 aromatic heterocycles. The van der Waals surface area contributed by atoms with E-state index in [-0.39, 0.29) is 0 Å². The van der Waals surface area contributed by atoms with Crippen molar-refractivity contribution < 1.29 is 4.57 Å². The molecule has 0 fully saturated rings. The van der Waals surface area contributed by atoms with Crippen LogP contribution in [-0.4, -0.2) is 13.1 Å². The highest BCUT2D eigenvalue weighted by molar-refractivity contribution is 5.70. The third-order valence-electron chi connectivity index (χ3n) is 9.99. The van der Waals surface area contributed by atoms with Crippen LogP contribution in [0, 0.1) is 0 Å². The highest BCUT2D eigenvalue weighted by Gasteiger charge is 2.07. The lowest BCUT2D eigenvalue weighted by Gasteiger charge is -2.25. The second-order valence-electron chi connectivity index (χ2n) is 14.9. The second kappa shape index (κ2) is 33.7. The van der Waals surface area contributed by atoms with Crippen molar-refractivity contribution in [2.75, 3.05) is 18.0 Å². The summed E-state index contributed by atoms with van der Waals surface area (Å²) in [5.41, 5.74) is 3.88. The van der Waals surface area contributed by atoms with Crippen molar-refractivity contribution in [2.24, 2.45) is 7.05 Å². The van der Waals surface area contributed by atoms with Gasteiger partial charge in [-0.15, -0.1) is 0 Å². The molecule has 0 aliphatic heterocycles. The molecular formula is C50H79N2+. The van der Waals surface area contributed by atoms with E-state index in [2.05, 4.69) is 140 Å². The van der Waals surface area contributed by atoms with Crippen LogP contribution in [0.15, 0.2) is 97.4 Å². The molecule has 0 aliphatic rings. The van der Waals surface area contributed by atoms with Crippen LogP contribution in [0.1, 0.15) is 179 Å². The Morgan fingerprint density at radius 2 is 0.788 bits per heavy atom. The molecule has 0 aliphatic carbocycles. The van der Waals surface area contributed by atoms with Crippen LogP contribution >= 0.6 is 0 Å². The van der Waals surface area contributed by atoms with E-state index in [4.69, 9.17) is 0 Å². The summed E-state index contributed by atoms with van der Waals surface area (Å²) < 4.78 is 2.07. The van der Waals surface area contributed by atoms with Gasteiger partial charge in [0.05, 0.1) is 0 Å². The molecule has 0 unspecified atom stereocenters. The van der Waals surface area contributed by atoms with Gasteiger partial charge in [-0.25, -0.2) is 4.57 Å². The maximum Gasteiger partial charge on any atom is 0.169 e. The number of anilines is 1. The predicted octanol–water partition coefficient (Wildman–Crippen LogP) is 15.1. The Balaban J connectivity index is 1.67. The zero-order chi connectivity index (χ0) is 37.0. The lowest BCUT2D eigenvalue weighted by atomic mass is 10.1. The van der Waals surface area contributed by atoms with Crippen LogP contribution in [0.2, 0.25) is 0 Å². The van der Waals surface area contributed by atoms with Gasteiger partial charge >= 0.3 is 0 Å². The van der Waals surface area contributed by atoms with Crippen molar-refractivity contribution in [3.05, 3.63) is 109 Å². The SMILES string of the molecule is CCCCCC=CCC=CCCCCCCCCN(CCCCCCCCC=CCC=CCCCCC)c1ccc(C=Cc2cc[n+](C)cc2)cc1. The quantitative estimate of drug-likeness (QED) is 0.0407. The van der Waals surface area contributed by atoms with E-state index in [9.17, 15) is 0 Å². The fourth-order valence-corrected chi connectivity index (χ4v) is 6.56. The number of nitrogens with zero attached hydrogens (tertiary/aromatic N) is 2. The molecule has 2 aromatic rings. The highest BCUT2D eigenvalue weighted by Crippen LogP contribution is 2.20. The second-order valence-corrected chi connectivity index (χ2v) is 14.9. The molecule has 0 saturated heterocycles. The van der Waals surface area contributed by atoms with Gasteiger partial charge in [0.15, 0.2) is 12.4 Å². The fraction of sp³-hybridized carbons (Fsp3) is 0.580. The number of rotatable bonds is 33. The molecule has 52 heavy (non-hydrogen) atoms. The van der Waals surface area contributed by atoms with Crippen molar-refractivity contribution in [1.82, 2.24) is 0 Å². The minimum absolute atomic E-state index is 1.10. The molecule has 2 rings (SSSR count). The van der Waals surface area contributed by atoms with E-state index >= 15 is 0 Å². The first-order valence-electron chi connectivity index (χ1n) is 21.8. The number of aromatic nitrogens is 1. The van der Waals surface area contributed by atoms with Crippen molar-refractivity contribution in [3.63, 3.8) is 0 Å². The zero-order valence-electron chi connectivity index (χ0n) is 34.2. The number of unbranched alkanes of at least 4 members (excludes halogenated alkanes) is 18. The monoisotopic (exact) mass is 708 g/mol. The average Bonchev–Trinajstić information content (AvgIpc) is 3.16. The molecule has 288 valence electrons. The van der Waals surface area contributed by atoms with Crippen LogP contribution in [0.4, 0.5) is 5.69 Å². The van der Waals surface area contributed by atoms with Gasteiger partial charge in [-0.05, 0) is 100 Å². The van der Waals surface area contributed by atoms with Crippen LogP contribution in [0.3, 0.4) is 0 Å². The van der Waals surface area contributed by atoms with E-state index in [0.717, 1.165) is 12.8 Å². The number of hydrogen-bond donors (Lipinski definition) is 0. The number of pyridine rings is 1. The predicted molar refractivity (Wildman–Crippen MR) is 234 cm³/mol. The molecular weight excluding hydrogens is 629 g/mol. The third kappa shape index (κ3) is 25.8. The Labute approximate surface area is 322 Å². The molecule has 0 N–H and O–H groups in total. The van der Waals surface area contributed by atoms with Crippen molar-refractivity contribution in [3.8, 4) is 0 Å². The first kappa shape index (κ1) is 45.0. The number of aryl methyl sites for hydroxylation is 1. The number of hydrogen-bond acceptors (Lipinski definition) is 1. The van der Waals surface area contributed by atoms with Gasteiger partial charge in [0.2, 0.25) is 0 Å². The standard InChI is InChI=1S/C50H79N2/c1-4-6-8-10-12-14-16-18-20-22-24-26-28-30-32-34-44-52(50-40-38-48(39-41-50)36-37-49-42-46-51(3)47-43-49)45-35-33-31-29-27-25-23-21-19-17-15-13-11-9-7-5-2/h12-15,18-21,36-43,46-47H,4-11,16-17,22-35,44-45H2,1-3H3/q+1. The molecule has 1 heterocycles.